The van der Waals surface area contributed by atoms with E-state index in [0.29, 0.717) is 6.04 Å². The van der Waals surface area contributed by atoms with Gasteiger partial charge in [-0.2, -0.15) is 0 Å². The number of hydrogen-bond donors (Lipinski definition) is 1. The van der Waals surface area contributed by atoms with Crippen molar-refractivity contribution in [3.8, 4) is 0 Å². The summed E-state index contributed by atoms with van der Waals surface area (Å²) >= 11 is 0. The van der Waals surface area contributed by atoms with Crippen molar-refractivity contribution in [2.45, 2.75) is 24.9 Å². The van der Waals surface area contributed by atoms with Crippen molar-refractivity contribution in [3.63, 3.8) is 0 Å². The number of benzene rings is 1. The molecule has 1 aliphatic carbocycles. The van der Waals surface area contributed by atoms with Gasteiger partial charge in [-0.15, -0.1) is 0 Å². The Labute approximate surface area is 92.3 Å². The lowest BCUT2D eigenvalue weighted by Crippen LogP contribution is -2.33. The number of nitrogens with one attached hydrogen (secondary N) is 1. The highest BCUT2D eigenvalue weighted by molar-refractivity contribution is 5.20. The smallest absolute Gasteiger partial charge is 0.0472 e. The van der Waals surface area contributed by atoms with E-state index in [1.54, 1.807) is 0 Å². The van der Waals surface area contributed by atoms with Crippen LogP contribution >= 0.6 is 0 Å². The maximum Gasteiger partial charge on any atom is 0.0472 e. The van der Waals surface area contributed by atoms with Gasteiger partial charge in [0.25, 0.3) is 0 Å². The average molecular weight is 204 g/mol. The Morgan fingerprint density at radius 2 is 2.00 bits per heavy atom. The minimum absolute atomic E-state index is 0.517. The number of rotatable bonds is 5. The fraction of sp³-hybridized carbons (Fsp3) is 0.538. The molecule has 0 aliphatic heterocycles. The van der Waals surface area contributed by atoms with Crippen molar-refractivity contribution in [2.24, 2.45) is 0 Å². The van der Waals surface area contributed by atoms with E-state index in [2.05, 4.69) is 47.6 Å². The maximum atomic E-state index is 3.29. The van der Waals surface area contributed by atoms with Gasteiger partial charge in [-0.25, -0.2) is 0 Å². The summed E-state index contributed by atoms with van der Waals surface area (Å²) in [4.78, 5) is 2.51. The van der Waals surface area contributed by atoms with Crippen LogP contribution in [0.4, 0.5) is 0 Å². The third kappa shape index (κ3) is 2.58. The van der Waals surface area contributed by atoms with E-state index >= 15 is 0 Å². The molecule has 1 fully saturated rings. The Morgan fingerprint density at radius 1 is 1.33 bits per heavy atom. The van der Waals surface area contributed by atoms with E-state index in [1.807, 2.05) is 7.05 Å². The first-order valence-corrected chi connectivity index (χ1v) is 5.74. The Kier molecular flexibility index (Phi) is 3.39. The molecule has 0 radical (unpaired) electrons. The van der Waals surface area contributed by atoms with Gasteiger partial charge in [0.05, 0.1) is 0 Å². The van der Waals surface area contributed by atoms with Crippen molar-refractivity contribution in [1.29, 1.82) is 0 Å². The molecule has 15 heavy (non-hydrogen) atoms. The first-order chi connectivity index (χ1) is 7.33. The van der Waals surface area contributed by atoms with Crippen molar-refractivity contribution in [1.82, 2.24) is 10.2 Å². The van der Waals surface area contributed by atoms with Crippen LogP contribution in [-0.4, -0.2) is 31.6 Å². The molecule has 2 nitrogen and oxygen atoms in total. The molecular formula is C13H20N2. The topological polar surface area (TPSA) is 15.3 Å². The Balaban J connectivity index is 2.11. The molecule has 0 amide bonds. The van der Waals surface area contributed by atoms with Crippen LogP contribution in [0.25, 0.3) is 0 Å². The minimum atomic E-state index is 0.517. The van der Waals surface area contributed by atoms with Crippen molar-refractivity contribution < 1.29 is 0 Å². The monoisotopic (exact) mass is 204 g/mol. The van der Waals surface area contributed by atoms with Crippen LogP contribution < -0.4 is 5.32 Å². The van der Waals surface area contributed by atoms with Gasteiger partial charge in [0.15, 0.2) is 0 Å². The Bertz CT molecular complexity index is 293. The van der Waals surface area contributed by atoms with Crippen LogP contribution in [0.1, 0.15) is 24.4 Å². The molecule has 1 aromatic rings. The zero-order valence-electron chi connectivity index (χ0n) is 9.61. The number of hydrogen-bond acceptors (Lipinski definition) is 2. The third-order valence-corrected chi connectivity index (χ3v) is 3.20. The van der Waals surface area contributed by atoms with E-state index in [4.69, 9.17) is 0 Å². The lowest BCUT2D eigenvalue weighted by Gasteiger charge is -2.28. The van der Waals surface area contributed by atoms with Crippen molar-refractivity contribution >= 4 is 0 Å². The predicted octanol–water partition coefficient (Wildman–Crippen LogP) is 2.04. The first kappa shape index (κ1) is 10.7. The van der Waals surface area contributed by atoms with Gasteiger partial charge in [-0.05, 0) is 32.5 Å². The van der Waals surface area contributed by atoms with Crippen LogP contribution in [-0.2, 0) is 0 Å². The van der Waals surface area contributed by atoms with Gasteiger partial charge in [0.1, 0.15) is 0 Å². The van der Waals surface area contributed by atoms with Crippen LogP contribution in [0.2, 0.25) is 0 Å². The van der Waals surface area contributed by atoms with Gasteiger partial charge in [-0.1, -0.05) is 30.3 Å². The number of likely N-dealkylation sites (N-methyl/N-ethyl adjacent to an activating group) is 2. The SMILES string of the molecule is CNCC(c1ccccc1)N(C)C1CC1. The molecule has 1 aliphatic rings. The summed E-state index contributed by atoms with van der Waals surface area (Å²) < 4.78 is 0. The summed E-state index contributed by atoms with van der Waals surface area (Å²) in [6.45, 7) is 1.02. The van der Waals surface area contributed by atoms with Gasteiger partial charge in [0.2, 0.25) is 0 Å². The normalized spacial score (nSPS) is 18.1. The summed E-state index contributed by atoms with van der Waals surface area (Å²) in [5.74, 6) is 0. The Morgan fingerprint density at radius 3 is 2.53 bits per heavy atom. The van der Waals surface area contributed by atoms with E-state index < -0.39 is 0 Å². The molecule has 0 spiro atoms. The molecule has 2 heteroatoms. The average Bonchev–Trinajstić information content (AvgIpc) is 3.10. The van der Waals surface area contributed by atoms with Crippen molar-refractivity contribution in [3.05, 3.63) is 35.9 Å². The van der Waals surface area contributed by atoms with Gasteiger partial charge in [-0.3, -0.25) is 4.90 Å². The zero-order chi connectivity index (χ0) is 10.7. The first-order valence-electron chi connectivity index (χ1n) is 5.74. The molecular weight excluding hydrogens is 184 g/mol. The number of nitrogens with zero attached hydrogens (tertiary/aromatic N) is 1. The summed E-state index contributed by atoms with van der Waals surface area (Å²) in [5, 5.41) is 3.29. The highest BCUT2D eigenvalue weighted by Crippen LogP contribution is 2.32. The van der Waals surface area contributed by atoms with Crippen LogP contribution in [0.15, 0.2) is 30.3 Å². The van der Waals surface area contributed by atoms with Crippen molar-refractivity contribution in [2.75, 3.05) is 20.6 Å². The largest absolute Gasteiger partial charge is 0.318 e. The molecule has 0 aromatic heterocycles. The predicted molar refractivity (Wildman–Crippen MR) is 63.9 cm³/mol. The molecule has 0 saturated heterocycles. The molecule has 0 bridgehead atoms. The van der Waals surface area contributed by atoms with E-state index in [0.717, 1.165) is 12.6 Å². The molecule has 1 unspecified atom stereocenters. The van der Waals surface area contributed by atoms with Crippen LogP contribution in [0, 0.1) is 0 Å². The molecule has 2 rings (SSSR count). The fourth-order valence-electron chi connectivity index (χ4n) is 2.10. The van der Waals surface area contributed by atoms with E-state index in [9.17, 15) is 0 Å². The molecule has 1 aromatic carbocycles. The molecule has 1 N–H and O–H groups in total. The van der Waals surface area contributed by atoms with Gasteiger partial charge < -0.3 is 5.32 Å². The summed E-state index contributed by atoms with van der Waals surface area (Å²) in [6.07, 6.45) is 2.73. The second-order valence-corrected chi connectivity index (χ2v) is 4.38. The molecule has 82 valence electrons. The fourth-order valence-corrected chi connectivity index (χ4v) is 2.10. The minimum Gasteiger partial charge on any atom is -0.318 e. The lowest BCUT2D eigenvalue weighted by molar-refractivity contribution is 0.231. The zero-order valence-corrected chi connectivity index (χ0v) is 9.61. The van der Waals surface area contributed by atoms with Gasteiger partial charge >= 0.3 is 0 Å². The summed E-state index contributed by atoms with van der Waals surface area (Å²) in [6, 6.07) is 12.1. The standard InChI is InChI=1S/C13H20N2/c1-14-10-13(15(2)12-8-9-12)11-6-4-3-5-7-11/h3-7,12-14H,8-10H2,1-2H3. The second-order valence-electron chi connectivity index (χ2n) is 4.38. The second kappa shape index (κ2) is 4.77. The highest BCUT2D eigenvalue weighted by atomic mass is 15.2. The third-order valence-electron chi connectivity index (χ3n) is 3.20. The van der Waals surface area contributed by atoms with Crippen LogP contribution in [0.3, 0.4) is 0 Å². The Hall–Kier alpha value is -0.860. The summed E-state index contributed by atoms with van der Waals surface area (Å²) in [7, 11) is 4.27. The molecule has 1 atom stereocenters. The van der Waals surface area contributed by atoms with E-state index in [-0.39, 0.29) is 0 Å². The van der Waals surface area contributed by atoms with Crippen LogP contribution in [0.5, 0.6) is 0 Å². The molecule has 1 saturated carbocycles. The lowest BCUT2D eigenvalue weighted by atomic mass is 10.1. The highest BCUT2D eigenvalue weighted by Gasteiger charge is 2.31. The molecule has 0 heterocycles. The van der Waals surface area contributed by atoms with Gasteiger partial charge in [0, 0.05) is 18.6 Å². The van der Waals surface area contributed by atoms with E-state index in [1.165, 1.54) is 18.4 Å². The summed E-state index contributed by atoms with van der Waals surface area (Å²) in [5.41, 5.74) is 1.42. The maximum absolute atomic E-state index is 3.29. The quantitative estimate of drug-likeness (QED) is 0.789.